The van der Waals surface area contributed by atoms with Gasteiger partial charge in [-0.05, 0) is 120 Å². The van der Waals surface area contributed by atoms with Crippen molar-refractivity contribution in [3.63, 3.8) is 0 Å². The van der Waals surface area contributed by atoms with E-state index in [-0.39, 0.29) is 36.2 Å². The van der Waals surface area contributed by atoms with Crippen LogP contribution in [0.25, 0.3) is 21.8 Å². The van der Waals surface area contributed by atoms with E-state index in [1.165, 1.54) is 81.1 Å². The molecular weight excluding hydrogens is 977 g/mol. The second kappa shape index (κ2) is 21.9. The van der Waals surface area contributed by atoms with Crippen molar-refractivity contribution in [3.8, 4) is 11.5 Å². The molecule has 0 aliphatic rings. The number of carbonyl (C=O) groups is 4. The molecule has 0 aliphatic heterocycles. The van der Waals surface area contributed by atoms with E-state index in [4.69, 9.17) is 72.6 Å². The predicted octanol–water partition coefficient (Wildman–Crippen LogP) is 8.68. The molecule has 23 heteroatoms. The number of aromatic amines is 1. The van der Waals surface area contributed by atoms with Crippen molar-refractivity contribution < 1.29 is 50.6 Å². The lowest BCUT2D eigenvalue weighted by Crippen LogP contribution is -2.16. The van der Waals surface area contributed by atoms with E-state index in [1.807, 2.05) is 0 Å². The Morgan fingerprint density at radius 2 is 1.13 bits per heavy atom. The van der Waals surface area contributed by atoms with Gasteiger partial charge in [0.2, 0.25) is 25.1 Å². The lowest BCUT2D eigenvalue weighted by atomic mass is 10.1. The number of benzene rings is 4. The Morgan fingerprint density at radius 3 is 1.57 bits per heavy atom. The standard InChI is InChI=1S/C17H11Cl2NO4S.C17H13NO6S.C2Cl2O2.CHCl3/c1-24-11-3-5-12(6-4-11)25(22,23)15-9-20-14-7-2-10(17(19)21)8-13(14)16(15)18;1-24-11-3-5-12(6-4-11)25(22,23)15-9-18-14-7-2-10(17(20)21)8-13(14)16(15)19;3-1(5)2(4)6;2-1(3)4/h2-9H,1H3;2-9H,1H3,(H,18,19)(H,20,21);;1H. The van der Waals surface area contributed by atoms with Crippen LogP contribution in [-0.4, -0.2) is 72.1 Å². The molecule has 2 N–H and O–H groups in total. The molecule has 0 aliphatic carbocycles. The lowest BCUT2D eigenvalue weighted by Gasteiger charge is -2.10. The summed E-state index contributed by atoms with van der Waals surface area (Å²) in [6.07, 6.45) is 2.32. The van der Waals surface area contributed by atoms with Crippen molar-refractivity contribution in [1.29, 1.82) is 0 Å². The number of nitrogens with zero attached hydrogens (tertiary/aromatic N) is 1. The molecule has 0 unspecified atom stereocenters. The summed E-state index contributed by atoms with van der Waals surface area (Å²) in [5.74, 6) is -0.186. The van der Waals surface area contributed by atoms with E-state index in [1.54, 1.807) is 18.2 Å². The molecule has 6 rings (SSSR count). The number of pyridine rings is 2. The number of aromatic nitrogens is 2. The molecule has 0 spiro atoms. The highest BCUT2D eigenvalue weighted by Gasteiger charge is 2.25. The predicted molar refractivity (Wildman–Crippen MR) is 228 cm³/mol. The number of nitrogens with one attached hydrogen (secondary N) is 1. The number of alkyl halides is 3. The molecule has 14 nitrogen and oxygen atoms in total. The normalized spacial score (nSPS) is 10.9. The molecule has 0 bridgehead atoms. The van der Waals surface area contributed by atoms with E-state index < -0.39 is 56.0 Å². The number of carboxylic acid groups (broad SMARTS) is 1. The molecule has 0 atom stereocenters. The molecule has 316 valence electrons. The first kappa shape index (κ1) is 49.9. The van der Waals surface area contributed by atoms with Gasteiger partial charge in [-0.15, -0.1) is 0 Å². The average Bonchev–Trinajstić information content (AvgIpc) is 3.21. The Bertz CT molecular complexity index is 2840. The molecule has 0 saturated heterocycles. The van der Waals surface area contributed by atoms with Gasteiger partial charge in [-0.3, -0.25) is 24.2 Å². The molecule has 0 fully saturated rings. The number of carboxylic acids is 1. The van der Waals surface area contributed by atoms with Crippen molar-refractivity contribution in [2.24, 2.45) is 0 Å². The maximum Gasteiger partial charge on any atom is 0.335 e. The Kier molecular flexibility index (Phi) is 18.2. The van der Waals surface area contributed by atoms with Crippen molar-refractivity contribution in [3.05, 3.63) is 124 Å². The second-order valence-electron chi connectivity index (χ2n) is 11.1. The zero-order chi connectivity index (χ0) is 45.1. The molecular formula is C37H25Cl7N2O12S2. The Morgan fingerprint density at radius 1 is 0.683 bits per heavy atom. The highest BCUT2D eigenvalue weighted by Crippen LogP contribution is 2.34. The zero-order valence-electron chi connectivity index (χ0n) is 30.2. The number of rotatable bonds is 9. The lowest BCUT2D eigenvalue weighted by molar-refractivity contribution is -0.127. The molecule has 2 heterocycles. The minimum Gasteiger partial charge on any atom is -0.497 e. The van der Waals surface area contributed by atoms with Gasteiger partial charge in [0.1, 0.15) is 21.3 Å². The summed E-state index contributed by atoms with van der Waals surface area (Å²) in [7, 11) is -5.01. The number of methoxy groups -OCH3 is 2. The topological polar surface area (TPSA) is 221 Å². The van der Waals surface area contributed by atoms with E-state index >= 15 is 0 Å². The van der Waals surface area contributed by atoms with Crippen LogP contribution in [0.3, 0.4) is 0 Å². The summed E-state index contributed by atoms with van der Waals surface area (Å²) in [6.45, 7) is 0. The van der Waals surface area contributed by atoms with Crippen LogP contribution in [0.1, 0.15) is 20.7 Å². The van der Waals surface area contributed by atoms with E-state index in [0.29, 0.717) is 27.9 Å². The molecule has 4 aromatic carbocycles. The fourth-order valence-corrected chi connectivity index (χ4v) is 7.97. The van der Waals surface area contributed by atoms with E-state index in [9.17, 15) is 40.8 Å². The largest absolute Gasteiger partial charge is 0.497 e. The van der Waals surface area contributed by atoms with Gasteiger partial charge < -0.3 is 19.6 Å². The number of hydrogen-bond donors (Lipinski definition) is 2. The van der Waals surface area contributed by atoms with Gasteiger partial charge in [0.25, 0.3) is 5.24 Å². The first-order valence-corrected chi connectivity index (χ1v) is 21.6. The van der Waals surface area contributed by atoms with Crippen LogP contribution in [0, 0.1) is 0 Å². The summed E-state index contributed by atoms with van der Waals surface area (Å²) >= 11 is 35.2. The smallest absolute Gasteiger partial charge is 0.335 e. The van der Waals surface area contributed by atoms with Crippen LogP contribution in [0.15, 0.2) is 122 Å². The highest BCUT2D eigenvalue weighted by atomic mass is 35.6. The van der Waals surface area contributed by atoms with Gasteiger partial charge in [-0.2, -0.15) is 0 Å². The minimum absolute atomic E-state index is 0.00510. The monoisotopic (exact) mass is 998 g/mol. The van der Waals surface area contributed by atoms with Gasteiger partial charge in [0, 0.05) is 34.2 Å². The molecule has 0 amide bonds. The van der Waals surface area contributed by atoms with Gasteiger partial charge in [0.15, 0.2) is 4.30 Å². The third-order valence-electron chi connectivity index (χ3n) is 7.56. The number of halogens is 7. The molecule has 2 aromatic heterocycles. The quantitative estimate of drug-likeness (QED) is 0.0787. The fourth-order valence-electron chi connectivity index (χ4n) is 4.75. The number of sulfone groups is 2. The molecule has 0 saturated carbocycles. The minimum atomic E-state index is -4.07. The Balaban J connectivity index is 0.000000262. The van der Waals surface area contributed by atoms with E-state index in [2.05, 4.69) is 33.2 Å². The number of H-pyrrole nitrogens is 1. The van der Waals surface area contributed by atoms with Gasteiger partial charge in [-0.25, -0.2) is 21.6 Å². The summed E-state index contributed by atoms with van der Waals surface area (Å²) in [6, 6.07) is 19.9. The van der Waals surface area contributed by atoms with Crippen molar-refractivity contribution in [1.82, 2.24) is 9.97 Å². The van der Waals surface area contributed by atoms with E-state index in [0.717, 1.165) is 12.3 Å². The molecule has 6 aromatic rings. The van der Waals surface area contributed by atoms with Gasteiger partial charge >= 0.3 is 16.5 Å². The first-order valence-electron chi connectivity index (χ1n) is 15.8. The van der Waals surface area contributed by atoms with Crippen LogP contribution in [0.2, 0.25) is 5.02 Å². The third kappa shape index (κ3) is 12.8. The number of carbonyl (C=O) groups excluding carboxylic acids is 3. The maximum absolute atomic E-state index is 12.9. The van der Waals surface area contributed by atoms with Crippen molar-refractivity contribution >= 4 is 144 Å². The molecule has 0 radical (unpaired) electrons. The summed E-state index contributed by atoms with van der Waals surface area (Å²) in [5, 5.41) is 6.42. The Labute approximate surface area is 375 Å². The fraction of sp³-hybridized carbons (Fsp3) is 0.0811. The summed E-state index contributed by atoms with van der Waals surface area (Å²) in [5.41, 5.74) is 0.158. The number of ether oxygens (including phenoxy) is 2. The summed E-state index contributed by atoms with van der Waals surface area (Å²) in [4.78, 5) is 60.1. The van der Waals surface area contributed by atoms with Crippen LogP contribution in [0.5, 0.6) is 11.5 Å². The van der Waals surface area contributed by atoms with Crippen LogP contribution in [-0.2, 0) is 29.3 Å². The Hall–Kier alpha value is -4.49. The SMILES string of the molecule is COc1ccc(S(=O)(=O)c2c[nH]c3ccc(C(=O)O)cc3c2=O)cc1.COc1ccc(S(=O)(=O)c2cnc3ccc(C(=O)Cl)cc3c2Cl)cc1.ClC(Cl)Cl.O=C(Cl)C(=O)Cl. The van der Waals surface area contributed by atoms with Crippen molar-refractivity contribution in [2.75, 3.05) is 14.2 Å². The third-order valence-corrected chi connectivity index (χ3v) is 12.3. The zero-order valence-corrected chi connectivity index (χ0v) is 37.1. The second-order valence-corrected chi connectivity index (χ2v) is 18.4. The van der Waals surface area contributed by atoms with Gasteiger partial charge in [0.05, 0.1) is 40.1 Å². The van der Waals surface area contributed by atoms with Crippen LogP contribution < -0.4 is 14.9 Å². The maximum atomic E-state index is 12.9. The first-order chi connectivity index (χ1) is 28.1. The number of aromatic carboxylic acids is 1. The number of hydrogen-bond acceptors (Lipinski definition) is 12. The molecule has 60 heavy (non-hydrogen) atoms. The van der Waals surface area contributed by atoms with Gasteiger partial charge in [-0.1, -0.05) is 46.4 Å². The average molecular weight is 1000 g/mol. The van der Waals surface area contributed by atoms with Crippen LogP contribution in [0.4, 0.5) is 0 Å². The van der Waals surface area contributed by atoms with Crippen molar-refractivity contribution in [2.45, 2.75) is 23.9 Å². The summed E-state index contributed by atoms with van der Waals surface area (Å²) < 4.78 is 60.5. The van der Waals surface area contributed by atoms with Crippen LogP contribution >= 0.6 is 81.2 Å². The highest BCUT2D eigenvalue weighted by molar-refractivity contribution is 7.92. The number of fused-ring (bicyclic) bond motifs is 2.